The Morgan fingerprint density at radius 3 is 2.62 bits per heavy atom. The van der Waals surface area contributed by atoms with E-state index in [1.807, 2.05) is 38.1 Å². The lowest BCUT2D eigenvalue weighted by Crippen LogP contribution is -2.54. The third-order valence-electron chi connectivity index (χ3n) is 4.32. The van der Waals surface area contributed by atoms with Gasteiger partial charge >= 0.3 is 0 Å². The van der Waals surface area contributed by atoms with Crippen molar-refractivity contribution in [2.75, 3.05) is 6.61 Å². The molecule has 0 aliphatic heterocycles. The van der Waals surface area contributed by atoms with E-state index in [0.29, 0.717) is 12.6 Å². The first-order chi connectivity index (χ1) is 10.1. The van der Waals surface area contributed by atoms with Crippen LogP contribution in [0.15, 0.2) is 24.3 Å². The highest BCUT2D eigenvalue weighted by atomic mass is 16.5. The van der Waals surface area contributed by atoms with Crippen molar-refractivity contribution in [1.82, 2.24) is 5.32 Å². The van der Waals surface area contributed by atoms with Crippen molar-refractivity contribution in [3.05, 3.63) is 29.8 Å². The number of nitrogens with two attached hydrogens (primary N) is 1. The zero-order chi connectivity index (χ0) is 15.3. The molecule has 4 nitrogen and oxygen atoms in total. The van der Waals surface area contributed by atoms with Gasteiger partial charge in [0.05, 0.1) is 6.61 Å². The topological polar surface area (TPSA) is 64.3 Å². The smallest absolute Gasteiger partial charge is 0.242 e. The maximum Gasteiger partial charge on any atom is 0.242 e. The normalized spacial score (nSPS) is 19.0. The fourth-order valence-corrected chi connectivity index (χ4v) is 3.10. The van der Waals surface area contributed by atoms with Crippen LogP contribution >= 0.6 is 0 Å². The number of carbonyl (C=O) groups excluding carboxylic acids is 1. The number of ether oxygens (including phenoxy) is 1. The lowest BCUT2D eigenvalue weighted by atomic mass is 9.86. The molecule has 2 rings (SSSR count). The number of hydrogen-bond acceptors (Lipinski definition) is 3. The second-order valence-corrected chi connectivity index (χ2v) is 5.90. The van der Waals surface area contributed by atoms with Crippen molar-refractivity contribution >= 4 is 5.91 Å². The van der Waals surface area contributed by atoms with Gasteiger partial charge in [-0.25, -0.2) is 0 Å². The molecule has 1 fully saturated rings. The van der Waals surface area contributed by atoms with Gasteiger partial charge in [-0.05, 0) is 32.8 Å². The van der Waals surface area contributed by atoms with Gasteiger partial charge in [-0.3, -0.25) is 10.1 Å². The molecule has 0 aromatic heterocycles. The maximum absolute atomic E-state index is 12.2. The lowest BCUT2D eigenvalue weighted by Gasteiger charge is -2.35. The molecular formula is C17H26N2O2. The molecule has 4 heteroatoms. The molecule has 3 N–H and O–H groups in total. The third kappa shape index (κ3) is 3.56. The van der Waals surface area contributed by atoms with Crippen molar-refractivity contribution in [2.24, 2.45) is 5.73 Å². The minimum atomic E-state index is -0.895. The van der Waals surface area contributed by atoms with E-state index in [9.17, 15) is 4.79 Å². The van der Waals surface area contributed by atoms with Gasteiger partial charge in [-0.1, -0.05) is 37.5 Å². The highest BCUT2D eigenvalue weighted by Crippen LogP contribution is 2.32. The van der Waals surface area contributed by atoms with E-state index < -0.39 is 5.54 Å². The van der Waals surface area contributed by atoms with Crippen LogP contribution in [-0.4, -0.2) is 18.6 Å². The molecule has 1 saturated carbocycles. The van der Waals surface area contributed by atoms with Gasteiger partial charge in [-0.2, -0.15) is 0 Å². The molecule has 1 aliphatic carbocycles. The molecular weight excluding hydrogens is 264 g/mol. The Morgan fingerprint density at radius 2 is 2.00 bits per heavy atom. The molecule has 21 heavy (non-hydrogen) atoms. The van der Waals surface area contributed by atoms with Crippen molar-refractivity contribution in [2.45, 2.75) is 57.5 Å². The van der Waals surface area contributed by atoms with Gasteiger partial charge < -0.3 is 10.5 Å². The molecule has 0 saturated heterocycles. The second kappa shape index (κ2) is 6.94. The van der Waals surface area contributed by atoms with Gasteiger partial charge in [0.2, 0.25) is 5.91 Å². The summed E-state index contributed by atoms with van der Waals surface area (Å²) in [5.41, 5.74) is 5.66. The van der Waals surface area contributed by atoms with Gasteiger partial charge in [-0.15, -0.1) is 0 Å². The summed E-state index contributed by atoms with van der Waals surface area (Å²) in [6.45, 7) is 4.37. The van der Waals surface area contributed by atoms with E-state index >= 15 is 0 Å². The van der Waals surface area contributed by atoms with Crippen LogP contribution in [0.4, 0.5) is 0 Å². The van der Waals surface area contributed by atoms with Gasteiger partial charge in [0.25, 0.3) is 0 Å². The second-order valence-electron chi connectivity index (χ2n) is 5.90. The highest BCUT2D eigenvalue weighted by molar-refractivity contribution is 5.86. The first kappa shape index (κ1) is 15.8. The number of amides is 1. The van der Waals surface area contributed by atoms with Gasteiger partial charge in [0.1, 0.15) is 11.3 Å². The van der Waals surface area contributed by atoms with E-state index in [0.717, 1.165) is 24.2 Å². The first-order valence-electron chi connectivity index (χ1n) is 7.88. The number of rotatable bonds is 6. The number of carbonyl (C=O) groups is 1. The van der Waals surface area contributed by atoms with Crippen LogP contribution in [-0.2, 0) is 10.3 Å². The molecule has 0 spiro atoms. The van der Waals surface area contributed by atoms with E-state index in [1.165, 1.54) is 19.3 Å². The zero-order valence-electron chi connectivity index (χ0n) is 13.0. The Labute approximate surface area is 127 Å². The Kier molecular flexibility index (Phi) is 5.23. The third-order valence-corrected chi connectivity index (χ3v) is 4.32. The number of primary amides is 1. The highest BCUT2D eigenvalue weighted by Gasteiger charge is 2.37. The molecule has 1 aromatic rings. The Hall–Kier alpha value is -1.55. The summed E-state index contributed by atoms with van der Waals surface area (Å²) >= 11 is 0. The van der Waals surface area contributed by atoms with Crippen molar-refractivity contribution in [1.29, 1.82) is 0 Å². The van der Waals surface area contributed by atoms with E-state index in [1.54, 1.807) is 0 Å². The summed E-state index contributed by atoms with van der Waals surface area (Å²) < 4.78 is 5.67. The summed E-state index contributed by atoms with van der Waals surface area (Å²) in [5.74, 6) is 0.366. The standard InChI is InChI=1S/C17H26N2O2/c1-3-21-15-12-8-7-11-14(15)17(2,16(18)20)19-13-9-5-4-6-10-13/h7-8,11-13,19H,3-6,9-10H2,1-2H3,(H2,18,20). The Morgan fingerprint density at radius 1 is 1.33 bits per heavy atom. The van der Waals surface area contributed by atoms with Crippen LogP contribution in [0.25, 0.3) is 0 Å². The molecule has 1 amide bonds. The lowest BCUT2D eigenvalue weighted by molar-refractivity contribution is -0.124. The molecule has 0 bridgehead atoms. The largest absolute Gasteiger partial charge is 0.494 e. The van der Waals surface area contributed by atoms with Crippen LogP contribution < -0.4 is 15.8 Å². The number of para-hydroxylation sites is 1. The monoisotopic (exact) mass is 290 g/mol. The van der Waals surface area contributed by atoms with Crippen LogP contribution in [0.2, 0.25) is 0 Å². The maximum atomic E-state index is 12.2. The minimum Gasteiger partial charge on any atom is -0.494 e. The molecule has 1 aromatic carbocycles. The molecule has 0 radical (unpaired) electrons. The fraction of sp³-hybridized carbons (Fsp3) is 0.588. The predicted octanol–water partition coefficient (Wildman–Crippen LogP) is 2.71. The SMILES string of the molecule is CCOc1ccccc1C(C)(NC1CCCCC1)C(N)=O. The first-order valence-corrected chi connectivity index (χ1v) is 7.88. The summed E-state index contributed by atoms with van der Waals surface area (Å²) in [4.78, 5) is 12.2. The van der Waals surface area contributed by atoms with Crippen molar-refractivity contribution in [3.63, 3.8) is 0 Å². The Balaban J connectivity index is 2.30. The van der Waals surface area contributed by atoms with Crippen molar-refractivity contribution < 1.29 is 9.53 Å². The van der Waals surface area contributed by atoms with Gasteiger partial charge in [0.15, 0.2) is 0 Å². The minimum absolute atomic E-state index is 0.339. The quantitative estimate of drug-likeness (QED) is 0.846. The average molecular weight is 290 g/mol. The van der Waals surface area contributed by atoms with E-state index in [-0.39, 0.29) is 5.91 Å². The summed E-state index contributed by atoms with van der Waals surface area (Å²) in [6.07, 6.45) is 5.89. The number of benzene rings is 1. The number of hydrogen-bond donors (Lipinski definition) is 2. The zero-order valence-corrected chi connectivity index (χ0v) is 13.0. The number of nitrogens with one attached hydrogen (secondary N) is 1. The van der Waals surface area contributed by atoms with Crippen LogP contribution in [0.5, 0.6) is 5.75 Å². The molecule has 0 heterocycles. The molecule has 1 aliphatic rings. The predicted molar refractivity (Wildman–Crippen MR) is 84.2 cm³/mol. The Bertz CT molecular complexity index is 483. The molecule has 116 valence electrons. The van der Waals surface area contributed by atoms with Crippen LogP contribution in [0.1, 0.15) is 51.5 Å². The summed E-state index contributed by atoms with van der Waals surface area (Å²) in [6, 6.07) is 7.98. The summed E-state index contributed by atoms with van der Waals surface area (Å²) in [5, 5.41) is 3.49. The van der Waals surface area contributed by atoms with E-state index in [4.69, 9.17) is 10.5 Å². The summed E-state index contributed by atoms with van der Waals surface area (Å²) in [7, 11) is 0. The molecule has 1 atom stereocenters. The van der Waals surface area contributed by atoms with Crippen LogP contribution in [0.3, 0.4) is 0 Å². The van der Waals surface area contributed by atoms with Gasteiger partial charge in [0, 0.05) is 11.6 Å². The van der Waals surface area contributed by atoms with E-state index in [2.05, 4.69) is 5.32 Å². The van der Waals surface area contributed by atoms with Crippen LogP contribution in [0, 0.1) is 0 Å². The average Bonchev–Trinajstić information content (AvgIpc) is 2.49. The molecule has 1 unspecified atom stereocenters. The van der Waals surface area contributed by atoms with Crippen molar-refractivity contribution in [3.8, 4) is 5.75 Å². The fourth-order valence-electron chi connectivity index (χ4n) is 3.10.